The van der Waals surface area contributed by atoms with Crippen molar-refractivity contribution in [2.75, 3.05) is 26.3 Å². The van der Waals surface area contributed by atoms with E-state index in [0.29, 0.717) is 26.3 Å². The summed E-state index contributed by atoms with van der Waals surface area (Å²) >= 11 is 0. The number of rotatable bonds is 1. The predicted molar refractivity (Wildman–Crippen MR) is 87.5 cm³/mol. The fraction of sp³-hybridized carbons (Fsp3) is 0.500. The largest absolute Gasteiger partial charge is 0.358 e. The summed E-state index contributed by atoms with van der Waals surface area (Å²) in [6.45, 7) is 6.71. The van der Waals surface area contributed by atoms with Gasteiger partial charge in [0, 0.05) is 42.5 Å². The molecular formula is C18H22N2O3. The molecule has 0 aliphatic carbocycles. The highest BCUT2D eigenvalue weighted by Crippen LogP contribution is 2.33. The lowest BCUT2D eigenvalue weighted by molar-refractivity contribution is -0.181. The smallest absolute Gasteiger partial charge is 0.256 e. The van der Waals surface area contributed by atoms with Gasteiger partial charge in [0.2, 0.25) is 0 Å². The number of hydrogen-bond acceptors (Lipinski definition) is 3. The first-order chi connectivity index (χ1) is 11.1. The molecule has 2 aliphatic heterocycles. The molecule has 23 heavy (non-hydrogen) atoms. The molecule has 0 radical (unpaired) electrons. The molecule has 4 rings (SSSR count). The molecule has 1 aromatic heterocycles. The van der Waals surface area contributed by atoms with Crippen molar-refractivity contribution >= 4 is 16.8 Å². The SMILES string of the molecule is Cc1ccc2c(C(=O)N3CCC4(CC3)OCCO4)c(C)[nH]c2c1. The number of fused-ring (bicyclic) bond motifs is 1. The zero-order valence-corrected chi connectivity index (χ0v) is 13.6. The first-order valence-electron chi connectivity index (χ1n) is 8.24. The molecule has 0 atom stereocenters. The average Bonchev–Trinajstić information content (AvgIpc) is 3.11. The number of nitrogens with one attached hydrogen (secondary N) is 1. The number of nitrogens with zero attached hydrogens (tertiary/aromatic N) is 1. The van der Waals surface area contributed by atoms with E-state index >= 15 is 0 Å². The van der Waals surface area contributed by atoms with Crippen molar-refractivity contribution < 1.29 is 14.3 Å². The van der Waals surface area contributed by atoms with Gasteiger partial charge >= 0.3 is 0 Å². The molecule has 0 unspecified atom stereocenters. The summed E-state index contributed by atoms with van der Waals surface area (Å²) < 4.78 is 11.5. The molecule has 1 N–H and O–H groups in total. The number of aromatic nitrogens is 1. The van der Waals surface area contributed by atoms with Crippen LogP contribution in [-0.2, 0) is 9.47 Å². The minimum absolute atomic E-state index is 0.102. The van der Waals surface area contributed by atoms with Gasteiger partial charge in [0.15, 0.2) is 5.79 Å². The number of carbonyl (C=O) groups is 1. The first-order valence-corrected chi connectivity index (χ1v) is 8.24. The number of aromatic amines is 1. The summed E-state index contributed by atoms with van der Waals surface area (Å²) in [6, 6.07) is 6.18. The van der Waals surface area contributed by atoms with E-state index in [-0.39, 0.29) is 5.91 Å². The van der Waals surface area contributed by atoms with Crippen LogP contribution in [0.25, 0.3) is 10.9 Å². The zero-order valence-electron chi connectivity index (χ0n) is 13.6. The fourth-order valence-electron chi connectivity index (χ4n) is 3.72. The Labute approximate surface area is 135 Å². The highest BCUT2D eigenvalue weighted by atomic mass is 16.7. The van der Waals surface area contributed by atoms with E-state index in [4.69, 9.17) is 9.47 Å². The lowest BCUT2D eigenvalue weighted by Crippen LogP contribution is -2.47. The number of carbonyl (C=O) groups excluding carboxylic acids is 1. The lowest BCUT2D eigenvalue weighted by Gasteiger charge is -2.37. The maximum Gasteiger partial charge on any atom is 0.256 e. The molecule has 1 spiro atoms. The standard InChI is InChI=1S/C18H22N2O3/c1-12-3-4-14-15(11-12)19-13(2)16(14)17(21)20-7-5-18(6-8-20)22-9-10-23-18/h3-4,11,19H,5-10H2,1-2H3. The highest BCUT2D eigenvalue weighted by Gasteiger charge is 2.41. The van der Waals surface area contributed by atoms with Crippen LogP contribution in [0.3, 0.4) is 0 Å². The molecule has 5 heteroatoms. The van der Waals surface area contributed by atoms with Crippen molar-refractivity contribution in [3.63, 3.8) is 0 Å². The molecule has 1 aromatic carbocycles. The molecule has 0 saturated carbocycles. The maximum absolute atomic E-state index is 13.0. The molecule has 1 amide bonds. The van der Waals surface area contributed by atoms with Gasteiger partial charge in [-0.15, -0.1) is 0 Å². The summed E-state index contributed by atoms with van der Waals surface area (Å²) in [4.78, 5) is 18.3. The van der Waals surface area contributed by atoms with Crippen LogP contribution in [0, 0.1) is 13.8 Å². The van der Waals surface area contributed by atoms with Crippen molar-refractivity contribution in [3.8, 4) is 0 Å². The third-order valence-corrected chi connectivity index (χ3v) is 4.98. The van der Waals surface area contributed by atoms with Crippen LogP contribution in [0.4, 0.5) is 0 Å². The Morgan fingerprint density at radius 2 is 1.87 bits per heavy atom. The molecule has 3 heterocycles. The second-order valence-corrected chi connectivity index (χ2v) is 6.57. The summed E-state index contributed by atoms with van der Waals surface area (Å²) in [5.74, 6) is -0.339. The first kappa shape index (κ1) is 14.7. The Kier molecular flexibility index (Phi) is 3.43. The number of likely N-dealkylation sites (tertiary alicyclic amines) is 1. The minimum atomic E-state index is -0.441. The van der Waals surface area contributed by atoms with Crippen molar-refractivity contribution in [2.45, 2.75) is 32.5 Å². The number of hydrogen-bond donors (Lipinski definition) is 1. The van der Waals surface area contributed by atoms with E-state index in [1.807, 2.05) is 17.9 Å². The molecule has 5 nitrogen and oxygen atoms in total. The van der Waals surface area contributed by atoms with Gasteiger partial charge in [-0.25, -0.2) is 0 Å². The Balaban J connectivity index is 1.59. The van der Waals surface area contributed by atoms with E-state index in [9.17, 15) is 4.79 Å². The number of ether oxygens (including phenoxy) is 2. The van der Waals surface area contributed by atoms with Crippen molar-refractivity contribution in [1.82, 2.24) is 9.88 Å². The van der Waals surface area contributed by atoms with E-state index in [0.717, 1.165) is 35.0 Å². The van der Waals surface area contributed by atoms with Gasteiger partial charge in [-0.05, 0) is 25.5 Å². The third-order valence-electron chi connectivity index (χ3n) is 4.98. The van der Waals surface area contributed by atoms with Crippen LogP contribution in [0.1, 0.15) is 34.5 Å². The minimum Gasteiger partial charge on any atom is -0.358 e. The van der Waals surface area contributed by atoms with Gasteiger partial charge in [0.05, 0.1) is 18.8 Å². The molecule has 0 bridgehead atoms. The third kappa shape index (κ3) is 2.44. The molecule has 2 aliphatic rings. The second kappa shape index (κ2) is 5.35. The van der Waals surface area contributed by atoms with Crippen LogP contribution in [0.2, 0.25) is 0 Å². The summed E-state index contributed by atoms with van der Waals surface area (Å²) in [5, 5.41) is 1.01. The Morgan fingerprint density at radius 3 is 2.57 bits per heavy atom. The molecule has 122 valence electrons. The normalized spacial score (nSPS) is 20.5. The molecule has 2 aromatic rings. The summed E-state index contributed by atoms with van der Waals surface area (Å²) in [7, 11) is 0. The van der Waals surface area contributed by atoms with Crippen molar-refractivity contribution in [1.29, 1.82) is 0 Å². The lowest BCUT2D eigenvalue weighted by atomic mass is 10.0. The molecular weight excluding hydrogens is 292 g/mol. The maximum atomic E-state index is 13.0. The molecule has 2 fully saturated rings. The van der Waals surface area contributed by atoms with Gasteiger partial charge in [0.1, 0.15) is 0 Å². The van der Waals surface area contributed by atoms with Crippen LogP contribution in [0.15, 0.2) is 18.2 Å². The van der Waals surface area contributed by atoms with Crippen molar-refractivity contribution in [2.24, 2.45) is 0 Å². The van der Waals surface area contributed by atoms with Gasteiger partial charge in [0.25, 0.3) is 5.91 Å². The van der Waals surface area contributed by atoms with E-state index in [1.54, 1.807) is 0 Å². The molecule has 2 saturated heterocycles. The van der Waals surface area contributed by atoms with Gasteiger partial charge < -0.3 is 19.4 Å². The Bertz CT molecular complexity index is 749. The Hall–Kier alpha value is -1.85. The number of aryl methyl sites for hydroxylation is 2. The fourth-order valence-corrected chi connectivity index (χ4v) is 3.72. The van der Waals surface area contributed by atoms with E-state index in [2.05, 4.69) is 24.0 Å². The van der Waals surface area contributed by atoms with Crippen molar-refractivity contribution in [3.05, 3.63) is 35.0 Å². The number of piperidine rings is 1. The van der Waals surface area contributed by atoms with Crippen LogP contribution in [0.5, 0.6) is 0 Å². The van der Waals surface area contributed by atoms with Crippen LogP contribution in [-0.4, -0.2) is 47.9 Å². The monoisotopic (exact) mass is 314 g/mol. The summed E-state index contributed by atoms with van der Waals surface area (Å²) in [5.41, 5.74) is 3.95. The van der Waals surface area contributed by atoms with Gasteiger partial charge in [-0.2, -0.15) is 0 Å². The quantitative estimate of drug-likeness (QED) is 0.880. The van der Waals surface area contributed by atoms with E-state index in [1.165, 1.54) is 5.56 Å². The van der Waals surface area contributed by atoms with E-state index < -0.39 is 5.79 Å². The number of amides is 1. The zero-order chi connectivity index (χ0) is 16.0. The number of H-pyrrole nitrogens is 1. The summed E-state index contributed by atoms with van der Waals surface area (Å²) in [6.07, 6.45) is 1.50. The topological polar surface area (TPSA) is 54.6 Å². The van der Waals surface area contributed by atoms with Gasteiger partial charge in [-0.3, -0.25) is 4.79 Å². The van der Waals surface area contributed by atoms with Gasteiger partial charge in [-0.1, -0.05) is 12.1 Å². The Morgan fingerprint density at radius 1 is 1.17 bits per heavy atom. The highest BCUT2D eigenvalue weighted by molar-refractivity contribution is 6.08. The predicted octanol–water partition coefficient (Wildman–Crippen LogP) is 2.76. The second-order valence-electron chi connectivity index (χ2n) is 6.57. The number of benzene rings is 1. The van der Waals surface area contributed by atoms with Crippen LogP contribution >= 0.6 is 0 Å². The average molecular weight is 314 g/mol. The van der Waals surface area contributed by atoms with Crippen LogP contribution < -0.4 is 0 Å².